The van der Waals surface area contributed by atoms with E-state index >= 15 is 0 Å². The standard InChI is InChI=1S/C15H18Cl2N2O3/c1-8-12(16)13(17)10(7-18-8)14(20)19-11-6-4-3-5-9(11)15(21)22-2/h7,9,11H,3-6H2,1-2H3,(H,19,20)/t9-,11-/m1/s1. The molecule has 0 aromatic carbocycles. The quantitative estimate of drug-likeness (QED) is 0.855. The summed E-state index contributed by atoms with van der Waals surface area (Å²) in [7, 11) is 1.36. The number of esters is 1. The number of aryl methyl sites for hydroxylation is 1. The minimum atomic E-state index is -0.375. The zero-order valence-electron chi connectivity index (χ0n) is 12.5. The van der Waals surface area contributed by atoms with Gasteiger partial charge in [0.15, 0.2) is 0 Å². The first-order valence-corrected chi connectivity index (χ1v) is 7.90. The molecule has 22 heavy (non-hydrogen) atoms. The number of aromatic nitrogens is 1. The molecule has 7 heteroatoms. The Labute approximate surface area is 139 Å². The van der Waals surface area contributed by atoms with Crippen molar-refractivity contribution in [2.45, 2.75) is 38.6 Å². The maximum Gasteiger partial charge on any atom is 0.310 e. The predicted molar refractivity (Wildman–Crippen MR) is 84.2 cm³/mol. The van der Waals surface area contributed by atoms with Crippen LogP contribution in [0.3, 0.4) is 0 Å². The van der Waals surface area contributed by atoms with Crippen molar-refractivity contribution in [3.8, 4) is 0 Å². The van der Waals surface area contributed by atoms with Crippen LogP contribution in [0.4, 0.5) is 0 Å². The van der Waals surface area contributed by atoms with Crippen molar-refractivity contribution in [1.29, 1.82) is 0 Å². The summed E-state index contributed by atoms with van der Waals surface area (Å²) in [4.78, 5) is 28.3. The van der Waals surface area contributed by atoms with Crippen LogP contribution >= 0.6 is 23.2 Å². The van der Waals surface area contributed by atoms with Crippen LogP contribution < -0.4 is 5.32 Å². The smallest absolute Gasteiger partial charge is 0.310 e. The minimum absolute atomic E-state index is 0.178. The predicted octanol–water partition coefficient (Wildman–Crippen LogP) is 3.16. The molecular formula is C15H18Cl2N2O3. The van der Waals surface area contributed by atoms with Gasteiger partial charge in [-0.05, 0) is 19.8 Å². The molecule has 1 saturated carbocycles. The van der Waals surface area contributed by atoms with Gasteiger partial charge in [-0.3, -0.25) is 14.6 Å². The number of halogens is 2. The molecule has 1 amide bonds. The third-order valence-corrected chi connectivity index (χ3v) is 4.92. The molecule has 2 rings (SSSR count). The third-order valence-electron chi connectivity index (χ3n) is 3.97. The lowest BCUT2D eigenvalue weighted by Gasteiger charge is -2.30. The number of ether oxygens (including phenoxy) is 1. The zero-order valence-corrected chi connectivity index (χ0v) is 14.0. The molecule has 2 atom stereocenters. The van der Waals surface area contributed by atoms with E-state index in [4.69, 9.17) is 27.9 Å². The van der Waals surface area contributed by atoms with Crippen LogP contribution in [-0.4, -0.2) is 30.0 Å². The molecule has 0 spiro atoms. The summed E-state index contributed by atoms with van der Waals surface area (Å²) >= 11 is 12.1. The maximum absolute atomic E-state index is 12.4. The van der Waals surface area contributed by atoms with Crippen molar-refractivity contribution in [3.63, 3.8) is 0 Å². The molecule has 0 bridgehead atoms. The van der Waals surface area contributed by atoms with E-state index in [9.17, 15) is 9.59 Å². The fourth-order valence-electron chi connectivity index (χ4n) is 2.69. The van der Waals surface area contributed by atoms with Crippen LogP contribution in [0, 0.1) is 12.8 Å². The Kier molecular flexibility index (Phi) is 5.64. The molecule has 1 aromatic heterocycles. The van der Waals surface area contributed by atoms with Gasteiger partial charge >= 0.3 is 5.97 Å². The number of pyridine rings is 1. The minimum Gasteiger partial charge on any atom is -0.469 e. The molecule has 0 aliphatic heterocycles. The fraction of sp³-hybridized carbons (Fsp3) is 0.533. The number of hydrogen-bond acceptors (Lipinski definition) is 4. The summed E-state index contributed by atoms with van der Waals surface area (Å²) in [5.41, 5.74) is 0.778. The zero-order chi connectivity index (χ0) is 16.3. The highest BCUT2D eigenvalue weighted by Gasteiger charge is 2.33. The van der Waals surface area contributed by atoms with Crippen molar-refractivity contribution >= 4 is 35.1 Å². The van der Waals surface area contributed by atoms with Crippen molar-refractivity contribution in [1.82, 2.24) is 10.3 Å². The van der Waals surface area contributed by atoms with Gasteiger partial charge in [0.2, 0.25) is 0 Å². The third kappa shape index (κ3) is 3.52. The second-order valence-corrected chi connectivity index (χ2v) is 6.14. The Balaban J connectivity index is 2.17. The molecule has 0 saturated heterocycles. The SMILES string of the molecule is COC(=O)[C@@H]1CCCC[C@H]1NC(=O)c1cnc(C)c(Cl)c1Cl. The van der Waals surface area contributed by atoms with Crippen LogP contribution in [0.15, 0.2) is 6.20 Å². The Morgan fingerprint density at radius 2 is 1.95 bits per heavy atom. The van der Waals surface area contributed by atoms with E-state index in [1.807, 2.05) is 0 Å². The van der Waals surface area contributed by atoms with E-state index in [2.05, 4.69) is 10.3 Å². The molecule has 1 heterocycles. The van der Waals surface area contributed by atoms with Gasteiger partial charge in [-0.25, -0.2) is 0 Å². The largest absolute Gasteiger partial charge is 0.469 e. The summed E-state index contributed by atoms with van der Waals surface area (Å²) in [5, 5.41) is 3.31. The van der Waals surface area contributed by atoms with Crippen molar-refractivity contribution in [3.05, 3.63) is 27.5 Å². The number of methoxy groups -OCH3 is 1. The van der Waals surface area contributed by atoms with Crippen molar-refractivity contribution in [2.24, 2.45) is 5.92 Å². The number of nitrogens with zero attached hydrogens (tertiary/aromatic N) is 1. The normalized spacial score (nSPS) is 21.3. The molecule has 0 unspecified atom stereocenters. The van der Waals surface area contributed by atoms with Gasteiger partial charge < -0.3 is 10.1 Å². The molecule has 5 nitrogen and oxygen atoms in total. The van der Waals surface area contributed by atoms with E-state index in [0.29, 0.717) is 12.1 Å². The molecular weight excluding hydrogens is 327 g/mol. The number of amides is 1. The van der Waals surface area contributed by atoms with Gasteiger partial charge in [-0.1, -0.05) is 36.0 Å². The van der Waals surface area contributed by atoms with Crippen LogP contribution in [0.2, 0.25) is 10.0 Å². The number of rotatable bonds is 3. The van der Waals surface area contributed by atoms with Crippen LogP contribution in [0.1, 0.15) is 41.7 Å². The van der Waals surface area contributed by atoms with E-state index in [1.54, 1.807) is 6.92 Å². The van der Waals surface area contributed by atoms with Gasteiger partial charge in [0, 0.05) is 12.2 Å². The van der Waals surface area contributed by atoms with Gasteiger partial charge in [-0.2, -0.15) is 0 Å². The van der Waals surface area contributed by atoms with Gasteiger partial charge in [0.05, 0.1) is 34.3 Å². The monoisotopic (exact) mass is 344 g/mol. The van der Waals surface area contributed by atoms with Gasteiger partial charge in [0.1, 0.15) is 0 Å². The summed E-state index contributed by atoms with van der Waals surface area (Å²) in [6, 6.07) is -0.259. The highest BCUT2D eigenvalue weighted by molar-refractivity contribution is 6.44. The molecule has 0 radical (unpaired) electrons. The number of nitrogens with one attached hydrogen (secondary N) is 1. The Morgan fingerprint density at radius 1 is 1.27 bits per heavy atom. The second kappa shape index (κ2) is 7.29. The van der Waals surface area contributed by atoms with E-state index in [1.165, 1.54) is 13.3 Å². The molecule has 1 N–H and O–H groups in total. The van der Waals surface area contributed by atoms with Crippen molar-refractivity contribution < 1.29 is 14.3 Å². The number of hydrogen-bond donors (Lipinski definition) is 1. The maximum atomic E-state index is 12.4. The van der Waals surface area contributed by atoms with Gasteiger partial charge in [-0.15, -0.1) is 0 Å². The fourth-order valence-corrected chi connectivity index (χ4v) is 3.12. The number of carbonyl (C=O) groups is 2. The lowest BCUT2D eigenvalue weighted by molar-refractivity contribution is -0.147. The van der Waals surface area contributed by atoms with E-state index in [-0.39, 0.29) is 39.4 Å². The summed E-state index contributed by atoms with van der Waals surface area (Å²) in [6.07, 6.45) is 4.74. The molecule has 1 aliphatic carbocycles. The highest BCUT2D eigenvalue weighted by atomic mass is 35.5. The topological polar surface area (TPSA) is 68.3 Å². The molecule has 1 aromatic rings. The summed E-state index contributed by atoms with van der Waals surface area (Å²) in [5.74, 6) is -0.994. The van der Waals surface area contributed by atoms with Crippen molar-refractivity contribution in [2.75, 3.05) is 7.11 Å². The first-order chi connectivity index (χ1) is 10.5. The molecule has 120 valence electrons. The van der Waals surface area contributed by atoms with Crippen LogP contribution in [-0.2, 0) is 9.53 Å². The first-order valence-electron chi connectivity index (χ1n) is 7.15. The van der Waals surface area contributed by atoms with Crippen LogP contribution in [0.25, 0.3) is 0 Å². The average molecular weight is 345 g/mol. The second-order valence-electron chi connectivity index (χ2n) is 5.38. The lowest BCUT2D eigenvalue weighted by Crippen LogP contribution is -2.45. The van der Waals surface area contributed by atoms with Crippen LogP contribution in [0.5, 0.6) is 0 Å². The molecule has 1 aliphatic rings. The first kappa shape index (κ1) is 17.0. The summed E-state index contributed by atoms with van der Waals surface area (Å²) < 4.78 is 4.82. The van der Waals surface area contributed by atoms with Gasteiger partial charge in [0.25, 0.3) is 5.91 Å². The van der Waals surface area contributed by atoms with E-state index < -0.39 is 0 Å². The lowest BCUT2D eigenvalue weighted by atomic mass is 9.84. The van der Waals surface area contributed by atoms with E-state index in [0.717, 1.165) is 19.3 Å². The average Bonchev–Trinajstić information content (AvgIpc) is 2.52. The highest BCUT2D eigenvalue weighted by Crippen LogP contribution is 2.29. The Hall–Kier alpha value is -1.33. The Bertz CT molecular complexity index is 592. The summed E-state index contributed by atoms with van der Waals surface area (Å²) in [6.45, 7) is 1.71. The molecule has 1 fully saturated rings. The number of carbonyl (C=O) groups excluding carboxylic acids is 2. The Morgan fingerprint density at radius 3 is 2.64 bits per heavy atom.